The summed E-state index contributed by atoms with van der Waals surface area (Å²) in [5.74, 6) is 0.981. The molecule has 8 nitrogen and oxygen atoms in total. The smallest absolute Gasteiger partial charge is 0.255 e. The number of fused-ring (bicyclic) bond motifs is 1. The molecular formula is C23H28N2O6S. The Morgan fingerprint density at radius 3 is 2.66 bits per heavy atom. The second kappa shape index (κ2) is 9.38. The van der Waals surface area contributed by atoms with Crippen LogP contribution in [0.4, 0.5) is 5.69 Å². The van der Waals surface area contributed by atoms with Crippen LogP contribution in [-0.4, -0.2) is 51.5 Å². The third kappa shape index (κ3) is 4.40. The highest BCUT2D eigenvalue weighted by Crippen LogP contribution is 2.34. The predicted molar refractivity (Wildman–Crippen MR) is 120 cm³/mol. The van der Waals surface area contributed by atoms with Crippen LogP contribution in [0.25, 0.3) is 0 Å². The highest BCUT2D eigenvalue weighted by atomic mass is 32.2. The molecule has 1 fully saturated rings. The van der Waals surface area contributed by atoms with E-state index in [0.717, 1.165) is 25.7 Å². The quantitative estimate of drug-likeness (QED) is 0.707. The number of piperidine rings is 1. The summed E-state index contributed by atoms with van der Waals surface area (Å²) in [5, 5.41) is 2.80. The summed E-state index contributed by atoms with van der Waals surface area (Å²) < 4.78 is 45.0. The van der Waals surface area contributed by atoms with Crippen molar-refractivity contribution < 1.29 is 27.4 Å². The number of sulfonamides is 1. The van der Waals surface area contributed by atoms with E-state index in [9.17, 15) is 13.2 Å². The Hall–Kier alpha value is -2.78. The van der Waals surface area contributed by atoms with Gasteiger partial charge in [-0.05, 0) is 49.6 Å². The van der Waals surface area contributed by atoms with E-state index in [2.05, 4.69) is 5.32 Å². The number of hydrogen-bond acceptors (Lipinski definition) is 6. The average Bonchev–Trinajstić information content (AvgIpc) is 2.83. The molecule has 2 aromatic carbocycles. The number of ether oxygens (including phenoxy) is 3. The van der Waals surface area contributed by atoms with Gasteiger partial charge >= 0.3 is 0 Å². The van der Waals surface area contributed by atoms with Crippen molar-refractivity contribution in [3.63, 3.8) is 0 Å². The molecule has 0 aliphatic carbocycles. The van der Waals surface area contributed by atoms with Gasteiger partial charge in [0.2, 0.25) is 10.0 Å². The van der Waals surface area contributed by atoms with E-state index in [4.69, 9.17) is 14.2 Å². The summed E-state index contributed by atoms with van der Waals surface area (Å²) in [5.41, 5.74) is 0.755. The molecule has 172 valence electrons. The van der Waals surface area contributed by atoms with Crippen LogP contribution in [0.1, 0.15) is 43.0 Å². The molecular weight excluding hydrogens is 432 g/mol. The van der Waals surface area contributed by atoms with Crippen LogP contribution in [0, 0.1) is 0 Å². The van der Waals surface area contributed by atoms with Gasteiger partial charge in [0.05, 0.1) is 7.11 Å². The number of carbonyl (C=O) groups is 1. The van der Waals surface area contributed by atoms with Crippen molar-refractivity contribution in [3.05, 3.63) is 42.0 Å². The lowest BCUT2D eigenvalue weighted by Crippen LogP contribution is -2.43. The number of hydrogen-bond donors (Lipinski definition) is 1. The van der Waals surface area contributed by atoms with Crippen LogP contribution in [0.2, 0.25) is 0 Å². The molecule has 2 heterocycles. The molecule has 2 aliphatic rings. The first kappa shape index (κ1) is 22.4. The van der Waals surface area contributed by atoms with Crippen molar-refractivity contribution in [3.8, 4) is 17.2 Å². The molecule has 1 atom stereocenters. The van der Waals surface area contributed by atoms with E-state index in [0.29, 0.717) is 36.9 Å². The zero-order valence-corrected chi connectivity index (χ0v) is 19.1. The maximum atomic E-state index is 13.5. The van der Waals surface area contributed by atoms with Gasteiger partial charge in [-0.25, -0.2) is 8.42 Å². The van der Waals surface area contributed by atoms with Gasteiger partial charge in [0.15, 0.2) is 11.5 Å². The average molecular weight is 461 g/mol. The lowest BCUT2D eigenvalue weighted by Gasteiger charge is -2.34. The first-order valence-corrected chi connectivity index (χ1v) is 12.3. The van der Waals surface area contributed by atoms with E-state index in [-0.39, 0.29) is 22.3 Å². The van der Waals surface area contributed by atoms with Gasteiger partial charge in [-0.15, -0.1) is 0 Å². The van der Waals surface area contributed by atoms with Crippen LogP contribution in [0.15, 0.2) is 41.3 Å². The zero-order valence-electron chi connectivity index (χ0n) is 18.3. The summed E-state index contributed by atoms with van der Waals surface area (Å²) >= 11 is 0. The summed E-state index contributed by atoms with van der Waals surface area (Å²) in [6.07, 6.45) is 3.41. The fraction of sp³-hybridized carbons (Fsp3) is 0.435. The second-order valence-corrected chi connectivity index (χ2v) is 9.71. The number of amides is 1. The van der Waals surface area contributed by atoms with Crippen molar-refractivity contribution in [2.24, 2.45) is 0 Å². The minimum atomic E-state index is -3.82. The van der Waals surface area contributed by atoms with E-state index in [1.165, 1.54) is 19.2 Å². The van der Waals surface area contributed by atoms with Gasteiger partial charge in [-0.2, -0.15) is 4.31 Å². The fourth-order valence-electron chi connectivity index (χ4n) is 4.17. The third-order valence-corrected chi connectivity index (χ3v) is 7.83. The number of carbonyl (C=O) groups excluding carboxylic acids is 1. The number of rotatable bonds is 6. The number of methoxy groups -OCH3 is 1. The zero-order chi connectivity index (χ0) is 22.7. The fourth-order valence-corrected chi connectivity index (χ4v) is 6.12. The molecule has 1 N–H and O–H groups in total. The summed E-state index contributed by atoms with van der Waals surface area (Å²) in [6, 6.07) is 9.56. The van der Waals surface area contributed by atoms with Gasteiger partial charge < -0.3 is 19.5 Å². The molecule has 4 rings (SSSR count). The number of nitrogens with zero attached hydrogens (tertiary/aromatic N) is 1. The van der Waals surface area contributed by atoms with Gasteiger partial charge in [-0.3, -0.25) is 4.79 Å². The van der Waals surface area contributed by atoms with E-state index in [1.54, 1.807) is 28.6 Å². The van der Waals surface area contributed by atoms with Crippen LogP contribution in [0.3, 0.4) is 0 Å². The van der Waals surface area contributed by atoms with Crippen molar-refractivity contribution in [2.75, 3.05) is 32.2 Å². The number of anilines is 1. The SMILES string of the molecule is CCC1CCCCN1S(=O)(=O)c1cc(C(=O)Nc2ccc3c(c2)OCCO3)ccc1OC. The molecule has 0 radical (unpaired) electrons. The van der Waals surface area contributed by atoms with Crippen molar-refractivity contribution in [1.82, 2.24) is 4.31 Å². The summed E-state index contributed by atoms with van der Waals surface area (Å²) in [4.78, 5) is 12.9. The Bertz CT molecular complexity index is 1100. The molecule has 1 unspecified atom stereocenters. The first-order chi connectivity index (χ1) is 15.4. The van der Waals surface area contributed by atoms with E-state index in [1.807, 2.05) is 6.92 Å². The highest BCUT2D eigenvalue weighted by molar-refractivity contribution is 7.89. The Morgan fingerprint density at radius 2 is 1.91 bits per heavy atom. The maximum absolute atomic E-state index is 13.5. The van der Waals surface area contributed by atoms with E-state index >= 15 is 0 Å². The Labute approximate surface area is 188 Å². The largest absolute Gasteiger partial charge is 0.495 e. The maximum Gasteiger partial charge on any atom is 0.255 e. The molecule has 0 aromatic heterocycles. The van der Waals surface area contributed by atoms with Gasteiger partial charge in [0.25, 0.3) is 5.91 Å². The van der Waals surface area contributed by atoms with Crippen molar-refractivity contribution >= 4 is 21.6 Å². The minimum absolute atomic E-state index is 0.00942. The standard InChI is InChI=1S/C23H28N2O6S/c1-3-18-6-4-5-11-25(18)32(27,28)22-14-16(7-9-20(22)29-2)23(26)24-17-8-10-19-21(15-17)31-13-12-30-19/h7-10,14-15,18H,3-6,11-13H2,1-2H3,(H,24,26). The monoisotopic (exact) mass is 460 g/mol. The van der Waals surface area contributed by atoms with Crippen molar-refractivity contribution in [1.29, 1.82) is 0 Å². The molecule has 32 heavy (non-hydrogen) atoms. The summed E-state index contributed by atoms with van der Waals surface area (Å²) in [6.45, 7) is 3.39. The third-order valence-electron chi connectivity index (χ3n) is 5.86. The number of nitrogens with one attached hydrogen (secondary N) is 1. The van der Waals surface area contributed by atoms with Crippen LogP contribution in [0.5, 0.6) is 17.2 Å². The minimum Gasteiger partial charge on any atom is -0.495 e. The molecule has 2 aliphatic heterocycles. The van der Waals surface area contributed by atoms with Crippen molar-refractivity contribution in [2.45, 2.75) is 43.5 Å². The molecule has 0 saturated carbocycles. The molecule has 9 heteroatoms. The van der Waals surface area contributed by atoms with Crippen LogP contribution < -0.4 is 19.5 Å². The lowest BCUT2D eigenvalue weighted by molar-refractivity contribution is 0.102. The Balaban J connectivity index is 1.62. The second-order valence-electron chi connectivity index (χ2n) is 7.85. The molecule has 2 aromatic rings. The topological polar surface area (TPSA) is 94.2 Å². The normalized spacial score (nSPS) is 18.8. The van der Waals surface area contributed by atoms with Gasteiger partial charge in [0.1, 0.15) is 23.9 Å². The van der Waals surface area contributed by atoms with Gasteiger partial charge in [0, 0.05) is 29.9 Å². The molecule has 0 bridgehead atoms. The molecule has 1 saturated heterocycles. The number of benzene rings is 2. The van der Waals surface area contributed by atoms with Crippen LogP contribution in [-0.2, 0) is 10.0 Å². The molecule has 1 amide bonds. The Morgan fingerprint density at radius 1 is 1.12 bits per heavy atom. The Kier molecular flexibility index (Phi) is 6.57. The van der Waals surface area contributed by atoms with Crippen LogP contribution >= 0.6 is 0 Å². The van der Waals surface area contributed by atoms with E-state index < -0.39 is 15.9 Å². The summed E-state index contributed by atoms with van der Waals surface area (Å²) in [7, 11) is -2.39. The highest BCUT2D eigenvalue weighted by Gasteiger charge is 2.35. The molecule has 0 spiro atoms. The lowest BCUT2D eigenvalue weighted by atomic mass is 10.0. The predicted octanol–water partition coefficient (Wildman–Crippen LogP) is 3.67. The first-order valence-electron chi connectivity index (χ1n) is 10.8. The van der Waals surface area contributed by atoms with Gasteiger partial charge in [-0.1, -0.05) is 13.3 Å².